The summed E-state index contributed by atoms with van der Waals surface area (Å²) in [6, 6.07) is 1.84. The van der Waals surface area contributed by atoms with E-state index < -0.39 is 6.10 Å². The van der Waals surface area contributed by atoms with Crippen molar-refractivity contribution < 1.29 is 9.84 Å². The fourth-order valence-corrected chi connectivity index (χ4v) is 2.36. The van der Waals surface area contributed by atoms with Gasteiger partial charge in [-0.1, -0.05) is 6.92 Å². The molecule has 0 aliphatic heterocycles. The van der Waals surface area contributed by atoms with Gasteiger partial charge in [0.05, 0.1) is 29.6 Å². The van der Waals surface area contributed by atoms with Crippen molar-refractivity contribution in [3.05, 3.63) is 40.1 Å². The Bertz CT molecular complexity index is 528. The van der Waals surface area contributed by atoms with Crippen LogP contribution in [0.15, 0.2) is 23.8 Å². The topological polar surface area (TPSA) is 55.2 Å². The standard InChI is InChI=1S/C14H18N2O2S/c1-3-4-18-13-5-11(7-15-8-13)14(17)6-12-9-19-10(2)16-12/h5,7-9,14,17H,3-4,6H2,1-2H3. The lowest BCUT2D eigenvalue weighted by molar-refractivity contribution is 0.176. The normalized spacial score (nSPS) is 12.4. The van der Waals surface area contributed by atoms with Crippen molar-refractivity contribution in [1.29, 1.82) is 0 Å². The molecule has 0 aliphatic rings. The molecule has 0 spiro atoms. The van der Waals surface area contributed by atoms with Gasteiger partial charge in [0, 0.05) is 23.6 Å². The minimum atomic E-state index is -0.598. The van der Waals surface area contributed by atoms with Crippen LogP contribution in [-0.4, -0.2) is 21.7 Å². The lowest BCUT2D eigenvalue weighted by Gasteiger charge is -2.11. The van der Waals surface area contributed by atoms with Gasteiger partial charge in [-0.2, -0.15) is 0 Å². The highest BCUT2D eigenvalue weighted by molar-refractivity contribution is 7.09. The fraction of sp³-hybridized carbons (Fsp3) is 0.429. The molecule has 0 fully saturated rings. The quantitative estimate of drug-likeness (QED) is 0.882. The predicted molar refractivity (Wildman–Crippen MR) is 75.5 cm³/mol. The number of aryl methyl sites for hydroxylation is 1. The first-order valence-corrected chi connectivity index (χ1v) is 7.24. The highest BCUT2D eigenvalue weighted by atomic mass is 32.1. The van der Waals surface area contributed by atoms with E-state index in [1.807, 2.05) is 18.4 Å². The summed E-state index contributed by atoms with van der Waals surface area (Å²) >= 11 is 1.59. The first kappa shape index (κ1) is 14.0. The van der Waals surface area contributed by atoms with Crippen molar-refractivity contribution in [2.24, 2.45) is 0 Å². The Morgan fingerprint density at radius 1 is 1.42 bits per heavy atom. The fourth-order valence-electron chi connectivity index (χ4n) is 1.73. The Morgan fingerprint density at radius 3 is 2.95 bits per heavy atom. The Kier molecular flexibility index (Phi) is 4.87. The summed E-state index contributed by atoms with van der Waals surface area (Å²) in [5.41, 5.74) is 1.68. The molecule has 0 bridgehead atoms. The number of hydrogen-bond acceptors (Lipinski definition) is 5. The molecule has 2 heterocycles. The molecule has 0 aromatic carbocycles. The monoisotopic (exact) mass is 278 g/mol. The van der Waals surface area contributed by atoms with Crippen LogP contribution in [0.1, 0.15) is 35.7 Å². The summed E-state index contributed by atoms with van der Waals surface area (Å²) < 4.78 is 5.51. The Morgan fingerprint density at radius 2 is 2.26 bits per heavy atom. The van der Waals surface area contributed by atoms with Gasteiger partial charge >= 0.3 is 0 Å². The van der Waals surface area contributed by atoms with Gasteiger partial charge in [0.1, 0.15) is 5.75 Å². The number of hydrogen-bond donors (Lipinski definition) is 1. The number of pyridine rings is 1. The zero-order chi connectivity index (χ0) is 13.7. The summed E-state index contributed by atoms with van der Waals surface area (Å²) in [6.45, 7) is 4.67. The smallest absolute Gasteiger partial charge is 0.137 e. The van der Waals surface area contributed by atoms with E-state index in [0.29, 0.717) is 18.8 Å². The Balaban J connectivity index is 2.03. The molecule has 2 rings (SSSR count). The summed E-state index contributed by atoms with van der Waals surface area (Å²) in [6.07, 6.45) is 4.19. The van der Waals surface area contributed by atoms with E-state index in [4.69, 9.17) is 4.74 Å². The molecule has 102 valence electrons. The molecule has 0 amide bonds. The number of aliphatic hydroxyl groups excluding tert-OH is 1. The van der Waals surface area contributed by atoms with Gasteiger partial charge in [-0.3, -0.25) is 4.98 Å². The average molecular weight is 278 g/mol. The number of rotatable bonds is 6. The maximum absolute atomic E-state index is 10.2. The third-order valence-electron chi connectivity index (χ3n) is 2.66. The molecule has 2 aromatic heterocycles. The van der Waals surface area contributed by atoms with Crippen LogP contribution in [0.2, 0.25) is 0 Å². The summed E-state index contributed by atoms with van der Waals surface area (Å²) in [4.78, 5) is 8.46. The van der Waals surface area contributed by atoms with Crippen LogP contribution in [0.5, 0.6) is 5.75 Å². The number of ether oxygens (including phenoxy) is 1. The third-order valence-corrected chi connectivity index (χ3v) is 3.48. The lowest BCUT2D eigenvalue weighted by Crippen LogP contribution is -2.04. The largest absolute Gasteiger partial charge is 0.492 e. The van der Waals surface area contributed by atoms with Crippen LogP contribution in [-0.2, 0) is 6.42 Å². The molecule has 0 aliphatic carbocycles. The van der Waals surface area contributed by atoms with Crippen LogP contribution < -0.4 is 4.74 Å². The first-order chi connectivity index (χ1) is 9.19. The van der Waals surface area contributed by atoms with E-state index >= 15 is 0 Å². The van der Waals surface area contributed by atoms with Crippen LogP contribution in [0.25, 0.3) is 0 Å². The Hall–Kier alpha value is -1.46. The van der Waals surface area contributed by atoms with Crippen molar-refractivity contribution in [1.82, 2.24) is 9.97 Å². The van der Waals surface area contributed by atoms with Crippen LogP contribution in [0.3, 0.4) is 0 Å². The maximum Gasteiger partial charge on any atom is 0.137 e. The van der Waals surface area contributed by atoms with E-state index in [-0.39, 0.29) is 0 Å². The Labute approximate surface area is 117 Å². The van der Waals surface area contributed by atoms with Gasteiger partial charge in [0.15, 0.2) is 0 Å². The molecule has 0 radical (unpaired) electrons. The van der Waals surface area contributed by atoms with E-state index in [0.717, 1.165) is 22.7 Å². The van der Waals surface area contributed by atoms with Crippen molar-refractivity contribution in [3.63, 3.8) is 0 Å². The van der Waals surface area contributed by atoms with Gasteiger partial charge in [-0.05, 0) is 19.4 Å². The number of thiazole rings is 1. The average Bonchev–Trinajstić information content (AvgIpc) is 2.82. The van der Waals surface area contributed by atoms with Gasteiger partial charge in [0.2, 0.25) is 0 Å². The van der Waals surface area contributed by atoms with Crippen LogP contribution in [0.4, 0.5) is 0 Å². The second kappa shape index (κ2) is 6.63. The van der Waals surface area contributed by atoms with Crippen molar-refractivity contribution >= 4 is 11.3 Å². The second-order valence-electron chi connectivity index (χ2n) is 4.38. The second-order valence-corrected chi connectivity index (χ2v) is 5.44. The molecule has 1 N–H and O–H groups in total. The number of nitrogens with zero attached hydrogens (tertiary/aromatic N) is 2. The SMILES string of the molecule is CCCOc1cncc(C(O)Cc2csc(C)n2)c1. The third kappa shape index (κ3) is 4.01. The first-order valence-electron chi connectivity index (χ1n) is 6.36. The van der Waals surface area contributed by atoms with Gasteiger partial charge in [0.25, 0.3) is 0 Å². The molecule has 5 heteroatoms. The van der Waals surface area contributed by atoms with E-state index in [2.05, 4.69) is 16.9 Å². The van der Waals surface area contributed by atoms with E-state index in [1.165, 1.54) is 0 Å². The zero-order valence-corrected chi connectivity index (χ0v) is 12.0. The minimum Gasteiger partial charge on any atom is -0.492 e. The minimum absolute atomic E-state index is 0.503. The lowest BCUT2D eigenvalue weighted by atomic mass is 10.1. The molecular weight excluding hydrogens is 260 g/mol. The molecule has 0 saturated heterocycles. The van der Waals surface area contributed by atoms with Gasteiger partial charge in [-0.25, -0.2) is 4.98 Å². The maximum atomic E-state index is 10.2. The van der Waals surface area contributed by atoms with Crippen LogP contribution >= 0.6 is 11.3 Å². The van der Waals surface area contributed by atoms with E-state index in [9.17, 15) is 5.11 Å². The number of aliphatic hydroxyl groups is 1. The highest BCUT2D eigenvalue weighted by Crippen LogP contribution is 2.22. The molecule has 1 unspecified atom stereocenters. The summed E-state index contributed by atoms with van der Waals surface area (Å²) in [5, 5.41) is 13.2. The van der Waals surface area contributed by atoms with Crippen molar-refractivity contribution in [2.45, 2.75) is 32.8 Å². The molecule has 4 nitrogen and oxygen atoms in total. The highest BCUT2D eigenvalue weighted by Gasteiger charge is 2.12. The van der Waals surface area contributed by atoms with Crippen LogP contribution in [0, 0.1) is 6.92 Å². The van der Waals surface area contributed by atoms with E-state index in [1.54, 1.807) is 23.7 Å². The van der Waals surface area contributed by atoms with Crippen molar-refractivity contribution in [3.8, 4) is 5.75 Å². The molecular formula is C14H18N2O2S. The molecule has 2 aromatic rings. The zero-order valence-electron chi connectivity index (χ0n) is 11.2. The van der Waals surface area contributed by atoms with Gasteiger partial charge < -0.3 is 9.84 Å². The predicted octanol–water partition coefficient (Wildman–Crippen LogP) is 2.91. The van der Waals surface area contributed by atoms with Gasteiger partial charge in [-0.15, -0.1) is 11.3 Å². The molecule has 0 saturated carbocycles. The summed E-state index contributed by atoms with van der Waals surface area (Å²) in [5.74, 6) is 0.702. The molecule has 1 atom stereocenters. The number of aromatic nitrogens is 2. The summed E-state index contributed by atoms with van der Waals surface area (Å²) in [7, 11) is 0. The molecule has 19 heavy (non-hydrogen) atoms. The van der Waals surface area contributed by atoms with Crippen molar-refractivity contribution in [2.75, 3.05) is 6.61 Å².